The lowest BCUT2D eigenvalue weighted by Crippen LogP contribution is -2.22. The number of carbonyl (C=O) groups excluding carboxylic acids is 1. The second kappa shape index (κ2) is 14.6. The van der Waals surface area contributed by atoms with Gasteiger partial charge >= 0.3 is 6.09 Å². The van der Waals surface area contributed by atoms with Crippen molar-refractivity contribution in [3.8, 4) is 28.3 Å². The van der Waals surface area contributed by atoms with Gasteiger partial charge in [-0.2, -0.15) is 5.10 Å². The topological polar surface area (TPSA) is 111 Å². The Morgan fingerprint density at radius 2 is 1.79 bits per heavy atom. The molecule has 0 radical (unpaired) electrons. The van der Waals surface area contributed by atoms with E-state index in [1.165, 1.54) is 25.6 Å². The van der Waals surface area contributed by atoms with Gasteiger partial charge in [0, 0.05) is 49.5 Å². The maximum absolute atomic E-state index is 12.3. The standard InChI is InChI=1S/C28H41N5O4Si/c1-5-6-7-8-9-10-13-37-28(35)32-24-11-12-26(34)25(17-24)22-16-23(19-29-18-22)27-30-20-31-33(27)21-36-14-15-38(2,3)4/h11-12,16-20,34H,5-10,13-15,21H2,1-4H3,(H,32,35). The Bertz CT molecular complexity index is 1160. The molecule has 3 aromatic rings. The summed E-state index contributed by atoms with van der Waals surface area (Å²) in [5.74, 6) is 0.700. The fraction of sp³-hybridized carbons (Fsp3) is 0.500. The van der Waals surface area contributed by atoms with Crippen molar-refractivity contribution in [2.45, 2.75) is 77.9 Å². The van der Waals surface area contributed by atoms with E-state index in [9.17, 15) is 9.90 Å². The van der Waals surface area contributed by atoms with Crippen LogP contribution in [0.4, 0.5) is 10.5 Å². The third-order valence-corrected chi connectivity index (χ3v) is 7.81. The highest BCUT2D eigenvalue weighted by molar-refractivity contribution is 6.76. The predicted molar refractivity (Wildman–Crippen MR) is 153 cm³/mol. The van der Waals surface area contributed by atoms with Crippen molar-refractivity contribution in [2.75, 3.05) is 18.5 Å². The number of phenolic OH excluding ortho intramolecular Hbond substituents is 1. The minimum atomic E-state index is -1.18. The van der Waals surface area contributed by atoms with Gasteiger partial charge < -0.3 is 14.6 Å². The molecule has 0 spiro atoms. The second-order valence-corrected chi connectivity index (χ2v) is 16.3. The highest BCUT2D eigenvalue weighted by Gasteiger charge is 2.15. The molecule has 0 bridgehead atoms. The molecular formula is C28H41N5O4Si. The van der Waals surface area contributed by atoms with Gasteiger partial charge in [-0.1, -0.05) is 58.7 Å². The minimum Gasteiger partial charge on any atom is -0.507 e. The van der Waals surface area contributed by atoms with Gasteiger partial charge in [-0.05, 0) is 36.7 Å². The summed E-state index contributed by atoms with van der Waals surface area (Å²) < 4.78 is 12.9. The average Bonchev–Trinajstić information content (AvgIpc) is 3.35. The first-order valence-electron chi connectivity index (χ1n) is 13.4. The molecule has 0 saturated carbocycles. The third kappa shape index (κ3) is 9.57. The van der Waals surface area contributed by atoms with Gasteiger partial charge in [-0.15, -0.1) is 0 Å². The number of phenols is 1. The number of nitrogens with one attached hydrogen (secondary N) is 1. The number of carbonyl (C=O) groups is 1. The summed E-state index contributed by atoms with van der Waals surface area (Å²) in [6, 6.07) is 7.83. The third-order valence-electron chi connectivity index (χ3n) is 6.11. The SMILES string of the molecule is CCCCCCCCOC(=O)Nc1ccc(O)c(-c2cncc(-c3ncnn3COCC[Si](C)(C)C)c2)c1. The lowest BCUT2D eigenvalue weighted by molar-refractivity contribution is 0.0796. The fourth-order valence-corrected chi connectivity index (χ4v) is 4.62. The summed E-state index contributed by atoms with van der Waals surface area (Å²) in [4.78, 5) is 21.0. The molecule has 2 aromatic heterocycles. The Labute approximate surface area is 226 Å². The molecular weight excluding hydrogens is 498 g/mol. The van der Waals surface area contributed by atoms with Crippen LogP contribution >= 0.6 is 0 Å². The van der Waals surface area contributed by atoms with Gasteiger partial charge in [0.1, 0.15) is 18.8 Å². The molecule has 3 rings (SSSR count). The van der Waals surface area contributed by atoms with Crippen molar-refractivity contribution in [3.63, 3.8) is 0 Å². The van der Waals surface area contributed by atoms with Gasteiger partial charge in [0.05, 0.1) is 6.61 Å². The quantitative estimate of drug-likeness (QED) is 0.122. The van der Waals surface area contributed by atoms with E-state index in [4.69, 9.17) is 9.47 Å². The smallest absolute Gasteiger partial charge is 0.411 e. The van der Waals surface area contributed by atoms with Crippen molar-refractivity contribution in [1.82, 2.24) is 19.7 Å². The van der Waals surface area contributed by atoms with Crippen molar-refractivity contribution < 1.29 is 19.4 Å². The molecule has 1 aromatic carbocycles. The zero-order valence-corrected chi connectivity index (χ0v) is 24.1. The van der Waals surface area contributed by atoms with Crippen LogP contribution in [-0.2, 0) is 16.2 Å². The fourth-order valence-electron chi connectivity index (χ4n) is 3.87. The van der Waals surface area contributed by atoms with Crippen LogP contribution in [0.1, 0.15) is 45.4 Å². The Morgan fingerprint density at radius 1 is 1.03 bits per heavy atom. The lowest BCUT2D eigenvalue weighted by atomic mass is 10.0. The van der Waals surface area contributed by atoms with Gasteiger partial charge in [0.25, 0.3) is 0 Å². The van der Waals surface area contributed by atoms with Crippen molar-refractivity contribution in [3.05, 3.63) is 43.0 Å². The van der Waals surface area contributed by atoms with Crippen LogP contribution in [0.2, 0.25) is 25.7 Å². The van der Waals surface area contributed by atoms with Gasteiger partial charge in [0.15, 0.2) is 5.82 Å². The van der Waals surface area contributed by atoms with Crippen LogP contribution in [0.25, 0.3) is 22.5 Å². The van der Waals surface area contributed by atoms with Crippen molar-refractivity contribution >= 4 is 19.9 Å². The average molecular weight is 540 g/mol. The molecule has 10 heteroatoms. The number of nitrogens with zero attached hydrogens (tertiary/aromatic N) is 4. The molecule has 0 aliphatic heterocycles. The number of hydrogen-bond acceptors (Lipinski definition) is 7. The summed E-state index contributed by atoms with van der Waals surface area (Å²) in [6.45, 7) is 10.5. The summed E-state index contributed by atoms with van der Waals surface area (Å²) >= 11 is 0. The summed E-state index contributed by atoms with van der Waals surface area (Å²) in [5.41, 5.74) is 2.48. The Morgan fingerprint density at radius 3 is 2.58 bits per heavy atom. The molecule has 2 heterocycles. The zero-order valence-electron chi connectivity index (χ0n) is 23.1. The van der Waals surface area contributed by atoms with E-state index in [0.717, 1.165) is 30.9 Å². The number of unbranched alkanes of at least 4 members (excludes halogenated alkanes) is 5. The summed E-state index contributed by atoms with van der Waals surface area (Å²) in [6.07, 6.45) is 11.1. The molecule has 206 valence electrons. The predicted octanol–water partition coefficient (Wildman–Crippen LogP) is 6.93. The van der Waals surface area contributed by atoms with Gasteiger partial charge in [-0.3, -0.25) is 10.3 Å². The van der Waals surface area contributed by atoms with E-state index in [0.29, 0.717) is 42.6 Å². The number of benzene rings is 1. The van der Waals surface area contributed by atoms with E-state index >= 15 is 0 Å². The minimum absolute atomic E-state index is 0.0751. The van der Waals surface area contributed by atoms with E-state index in [1.54, 1.807) is 35.3 Å². The molecule has 0 atom stereocenters. The molecule has 0 aliphatic carbocycles. The van der Waals surface area contributed by atoms with Gasteiger partial charge in [0.2, 0.25) is 0 Å². The molecule has 9 nitrogen and oxygen atoms in total. The number of anilines is 1. The Hall–Kier alpha value is -3.24. The highest BCUT2D eigenvalue weighted by atomic mass is 28.3. The van der Waals surface area contributed by atoms with Crippen LogP contribution in [0, 0.1) is 0 Å². The monoisotopic (exact) mass is 539 g/mol. The first-order valence-corrected chi connectivity index (χ1v) is 17.2. The molecule has 0 aliphatic rings. The van der Waals surface area contributed by atoms with Crippen LogP contribution in [0.3, 0.4) is 0 Å². The first kappa shape index (κ1) is 29.3. The molecule has 1 amide bonds. The normalized spacial score (nSPS) is 11.5. The largest absolute Gasteiger partial charge is 0.507 e. The Balaban J connectivity index is 1.62. The molecule has 0 fully saturated rings. The molecule has 38 heavy (non-hydrogen) atoms. The van der Waals surface area contributed by atoms with Crippen LogP contribution in [-0.4, -0.2) is 52.2 Å². The molecule has 2 N–H and O–H groups in total. The number of hydrogen-bond donors (Lipinski definition) is 2. The van der Waals surface area contributed by atoms with E-state index < -0.39 is 14.2 Å². The maximum atomic E-state index is 12.3. The van der Waals surface area contributed by atoms with E-state index in [1.807, 2.05) is 6.07 Å². The number of aromatic nitrogens is 4. The number of amides is 1. The van der Waals surface area contributed by atoms with Crippen molar-refractivity contribution in [1.29, 1.82) is 0 Å². The first-order chi connectivity index (χ1) is 18.3. The maximum Gasteiger partial charge on any atom is 0.411 e. The van der Waals surface area contributed by atoms with Gasteiger partial charge in [-0.25, -0.2) is 14.5 Å². The summed E-state index contributed by atoms with van der Waals surface area (Å²) in [7, 11) is -1.18. The number of ether oxygens (including phenoxy) is 2. The van der Waals surface area contributed by atoms with E-state index in [2.05, 4.69) is 46.9 Å². The van der Waals surface area contributed by atoms with Crippen LogP contribution in [0.5, 0.6) is 5.75 Å². The van der Waals surface area contributed by atoms with Crippen LogP contribution < -0.4 is 5.32 Å². The highest BCUT2D eigenvalue weighted by Crippen LogP contribution is 2.33. The number of aromatic hydroxyl groups is 1. The number of pyridine rings is 1. The number of rotatable bonds is 15. The van der Waals surface area contributed by atoms with Crippen LogP contribution in [0.15, 0.2) is 43.0 Å². The zero-order chi connectivity index (χ0) is 27.4. The lowest BCUT2D eigenvalue weighted by Gasteiger charge is -2.15. The molecule has 0 saturated heterocycles. The van der Waals surface area contributed by atoms with E-state index in [-0.39, 0.29) is 5.75 Å². The molecule has 0 unspecified atom stereocenters. The second-order valence-electron chi connectivity index (χ2n) is 10.7. The Kier molecular flexibility index (Phi) is 11.3. The summed E-state index contributed by atoms with van der Waals surface area (Å²) in [5, 5.41) is 17.6. The van der Waals surface area contributed by atoms with Crippen molar-refractivity contribution in [2.24, 2.45) is 0 Å².